The fourth-order valence-electron chi connectivity index (χ4n) is 2.43. The summed E-state index contributed by atoms with van der Waals surface area (Å²) < 4.78 is 0. The number of halogens is 2. The molecule has 0 saturated heterocycles. The van der Waals surface area contributed by atoms with Crippen LogP contribution in [0.4, 0.5) is 0 Å². The maximum Gasteiger partial charge on any atom is 0.0483 e. The van der Waals surface area contributed by atoms with Gasteiger partial charge >= 0.3 is 0 Å². The Hall–Kier alpha value is -1.02. The number of aryl methyl sites for hydroxylation is 1. The molecule has 1 atom stereocenters. The molecular weight excluding hydrogens is 301 g/mol. The van der Waals surface area contributed by atoms with E-state index < -0.39 is 0 Å². The summed E-state index contributed by atoms with van der Waals surface area (Å²) in [5.41, 5.74) is 3.40. The molecule has 0 aliphatic heterocycles. The third kappa shape index (κ3) is 4.23. The highest BCUT2D eigenvalue weighted by Crippen LogP contribution is 2.30. The first kappa shape index (κ1) is 16.4. The fourth-order valence-corrected chi connectivity index (χ4v) is 2.90. The lowest BCUT2D eigenvalue weighted by molar-refractivity contribution is 0.529. The Bertz CT molecular complexity index is 596. The average molecular weight is 322 g/mol. The Morgan fingerprint density at radius 3 is 2.52 bits per heavy atom. The summed E-state index contributed by atoms with van der Waals surface area (Å²) in [7, 11) is 0. The molecule has 0 amide bonds. The molecule has 0 spiro atoms. The number of hydrogen-bond donors (Lipinski definition) is 1. The molecule has 2 aromatic carbocycles. The molecule has 2 rings (SSSR count). The van der Waals surface area contributed by atoms with E-state index in [1.807, 2.05) is 31.2 Å². The van der Waals surface area contributed by atoms with E-state index in [1.165, 1.54) is 0 Å². The molecule has 1 nitrogen and oxygen atoms in total. The van der Waals surface area contributed by atoms with Crippen molar-refractivity contribution >= 4 is 23.2 Å². The van der Waals surface area contributed by atoms with Crippen molar-refractivity contribution in [3.63, 3.8) is 0 Å². The van der Waals surface area contributed by atoms with Crippen molar-refractivity contribution < 1.29 is 0 Å². The molecule has 1 unspecified atom stereocenters. The molecule has 3 heteroatoms. The van der Waals surface area contributed by atoms with Crippen molar-refractivity contribution in [2.75, 3.05) is 6.54 Å². The number of benzene rings is 2. The molecule has 1 N–H and O–H groups in total. The summed E-state index contributed by atoms with van der Waals surface area (Å²) in [6.07, 6.45) is 1.92. The normalized spacial score (nSPS) is 12.4. The van der Waals surface area contributed by atoms with Crippen LogP contribution in [0.25, 0.3) is 0 Å². The van der Waals surface area contributed by atoms with Gasteiger partial charge in [0.2, 0.25) is 0 Å². The van der Waals surface area contributed by atoms with Crippen LogP contribution in [0.2, 0.25) is 10.0 Å². The van der Waals surface area contributed by atoms with Gasteiger partial charge in [-0.1, -0.05) is 66.5 Å². The Morgan fingerprint density at radius 1 is 1.05 bits per heavy atom. The van der Waals surface area contributed by atoms with E-state index in [1.54, 1.807) is 0 Å². The summed E-state index contributed by atoms with van der Waals surface area (Å²) >= 11 is 12.8. The molecule has 112 valence electrons. The lowest BCUT2D eigenvalue weighted by Gasteiger charge is -2.21. The van der Waals surface area contributed by atoms with Gasteiger partial charge in [-0.3, -0.25) is 0 Å². The first-order valence-electron chi connectivity index (χ1n) is 7.35. The Morgan fingerprint density at radius 2 is 1.81 bits per heavy atom. The third-order valence-corrected chi connectivity index (χ3v) is 4.50. The zero-order chi connectivity index (χ0) is 15.2. The van der Waals surface area contributed by atoms with Crippen molar-refractivity contribution in [1.82, 2.24) is 5.32 Å². The van der Waals surface area contributed by atoms with Crippen LogP contribution < -0.4 is 5.32 Å². The third-order valence-electron chi connectivity index (χ3n) is 3.62. The Labute approximate surface area is 137 Å². The van der Waals surface area contributed by atoms with Crippen molar-refractivity contribution in [2.45, 2.75) is 32.7 Å². The molecule has 0 bridgehead atoms. The maximum absolute atomic E-state index is 6.50. The molecule has 21 heavy (non-hydrogen) atoms. The monoisotopic (exact) mass is 321 g/mol. The minimum absolute atomic E-state index is 0.178. The summed E-state index contributed by atoms with van der Waals surface area (Å²) in [4.78, 5) is 0. The molecule has 0 aliphatic carbocycles. The molecular formula is C18H21Cl2N. The van der Waals surface area contributed by atoms with Gasteiger partial charge in [-0.25, -0.2) is 0 Å². The minimum atomic E-state index is 0.178. The van der Waals surface area contributed by atoms with Gasteiger partial charge in [0.15, 0.2) is 0 Å². The molecule has 0 radical (unpaired) electrons. The second-order valence-electron chi connectivity index (χ2n) is 5.28. The SMILES string of the molecule is CCCNC(Cc1ccccc1Cl)c1cccc(C)c1Cl. The largest absolute Gasteiger partial charge is 0.310 e. The van der Waals surface area contributed by atoms with Crippen molar-refractivity contribution in [1.29, 1.82) is 0 Å². The summed E-state index contributed by atoms with van der Waals surface area (Å²) in [6, 6.07) is 14.4. The highest BCUT2D eigenvalue weighted by molar-refractivity contribution is 6.32. The predicted octanol–water partition coefficient (Wildman–Crippen LogP) is 5.59. The van der Waals surface area contributed by atoms with E-state index in [2.05, 4.69) is 30.4 Å². The topological polar surface area (TPSA) is 12.0 Å². The zero-order valence-electron chi connectivity index (χ0n) is 12.5. The maximum atomic E-state index is 6.50. The van der Waals surface area contributed by atoms with E-state index in [0.717, 1.165) is 46.1 Å². The average Bonchev–Trinajstić information content (AvgIpc) is 2.48. The van der Waals surface area contributed by atoms with Crippen LogP contribution in [-0.2, 0) is 6.42 Å². The van der Waals surface area contributed by atoms with Crippen molar-refractivity contribution in [2.24, 2.45) is 0 Å². The first-order chi connectivity index (χ1) is 10.1. The van der Waals surface area contributed by atoms with Crippen LogP contribution in [0.5, 0.6) is 0 Å². The molecule has 0 aromatic heterocycles. The van der Waals surface area contributed by atoms with Crippen LogP contribution in [-0.4, -0.2) is 6.54 Å². The molecule has 0 aliphatic rings. The molecule has 0 fully saturated rings. The van der Waals surface area contributed by atoms with E-state index in [4.69, 9.17) is 23.2 Å². The quantitative estimate of drug-likeness (QED) is 0.731. The predicted molar refractivity (Wildman–Crippen MR) is 92.4 cm³/mol. The molecule has 0 heterocycles. The lowest BCUT2D eigenvalue weighted by Crippen LogP contribution is -2.24. The van der Waals surface area contributed by atoms with Gasteiger partial charge in [0.25, 0.3) is 0 Å². The number of rotatable bonds is 6. The van der Waals surface area contributed by atoms with Crippen LogP contribution in [0.15, 0.2) is 42.5 Å². The van der Waals surface area contributed by atoms with Gasteiger partial charge in [0.1, 0.15) is 0 Å². The summed E-state index contributed by atoms with van der Waals surface area (Å²) in [5, 5.41) is 5.24. The van der Waals surface area contributed by atoms with E-state index >= 15 is 0 Å². The standard InChI is InChI=1S/C18H21Cl2N/c1-3-11-21-17(12-14-8-4-5-10-16(14)19)15-9-6-7-13(2)18(15)20/h4-10,17,21H,3,11-12H2,1-2H3. The second-order valence-corrected chi connectivity index (χ2v) is 6.07. The van der Waals surface area contributed by atoms with Crippen LogP contribution in [0.1, 0.15) is 36.1 Å². The highest BCUT2D eigenvalue weighted by atomic mass is 35.5. The lowest BCUT2D eigenvalue weighted by atomic mass is 9.97. The van der Waals surface area contributed by atoms with Gasteiger partial charge in [0.05, 0.1) is 0 Å². The highest BCUT2D eigenvalue weighted by Gasteiger charge is 2.16. The fraction of sp³-hybridized carbons (Fsp3) is 0.333. The smallest absolute Gasteiger partial charge is 0.0483 e. The van der Waals surface area contributed by atoms with Gasteiger partial charge in [-0.2, -0.15) is 0 Å². The van der Waals surface area contributed by atoms with Crippen LogP contribution in [0.3, 0.4) is 0 Å². The molecule has 2 aromatic rings. The van der Waals surface area contributed by atoms with Crippen LogP contribution in [0, 0.1) is 6.92 Å². The van der Waals surface area contributed by atoms with E-state index in [0.29, 0.717) is 0 Å². The summed E-state index contributed by atoms with van der Waals surface area (Å²) in [6.45, 7) is 5.16. The Kier molecular flexibility index (Phi) is 6.10. The number of hydrogen-bond acceptors (Lipinski definition) is 1. The number of nitrogens with one attached hydrogen (secondary N) is 1. The van der Waals surface area contributed by atoms with E-state index in [-0.39, 0.29) is 6.04 Å². The van der Waals surface area contributed by atoms with Crippen molar-refractivity contribution in [3.05, 3.63) is 69.2 Å². The van der Waals surface area contributed by atoms with Gasteiger partial charge in [-0.05, 0) is 49.1 Å². The van der Waals surface area contributed by atoms with E-state index in [9.17, 15) is 0 Å². The van der Waals surface area contributed by atoms with Gasteiger partial charge in [-0.15, -0.1) is 0 Å². The second kappa shape index (κ2) is 7.84. The summed E-state index contributed by atoms with van der Waals surface area (Å²) in [5.74, 6) is 0. The van der Waals surface area contributed by atoms with Gasteiger partial charge in [0, 0.05) is 16.1 Å². The van der Waals surface area contributed by atoms with Gasteiger partial charge < -0.3 is 5.32 Å². The Balaban J connectivity index is 2.30. The van der Waals surface area contributed by atoms with Crippen molar-refractivity contribution in [3.8, 4) is 0 Å². The minimum Gasteiger partial charge on any atom is -0.310 e. The molecule has 0 saturated carbocycles. The first-order valence-corrected chi connectivity index (χ1v) is 8.11. The zero-order valence-corrected chi connectivity index (χ0v) is 14.0. The van der Waals surface area contributed by atoms with Crippen LogP contribution >= 0.6 is 23.2 Å².